The maximum atomic E-state index is 8.68. The van der Waals surface area contributed by atoms with Crippen LogP contribution in [0.1, 0.15) is 11.1 Å². The van der Waals surface area contributed by atoms with E-state index in [-0.39, 0.29) is 13.2 Å². The minimum atomic E-state index is 0.0833. The average molecular weight is 192 g/mol. The summed E-state index contributed by atoms with van der Waals surface area (Å²) in [5, 5.41) is 16.4. The van der Waals surface area contributed by atoms with E-state index in [1.54, 1.807) is 6.08 Å². The maximum absolute atomic E-state index is 8.68. The van der Waals surface area contributed by atoms with Gasteiger partial charge < -0.3 is 10.2 Å². The zero-order chi connectivity index (χ0) is 10.8. The van der Waals surface area contributed by atoms with Crippen LogP contribution in [0.3, 0.4) is 0 Å². The van der Waals surface area contributed by atoms with Gasteiger partial charge in [-0.25, -0.2) is 0 Å². The number of benzene rings is 1. The third-order valence-corrected chi connectivity index (χ3v) is 1.53. The molecule has 1 aromatic rings. The second-order valence-corrected chi connectivity index (χ2v) is 2.58. The highest BCUT2D eigenvalue weighted by Crippen LogP contribution is 2.04. The van der Waals surface area contributed by atoms with Gasteiger partial charge in [0.2, 0.25) is 0 Å². The molecule has 0 fully saturated rings. The van der Waals surface area contributed by atoms with Gasteiger partial charge in [0.1, 0.15) is 0 Å². The van der Waals surface area contributed by atoms with Crippen LogP contribution < -0.4 is 0 Å². The molecule has 0 aromatic heterocycles. The van der Waals surface area contributed by atoms with E-state index >= 15 is 0 Å². The van der Waals surface area contributed by atoms with Crippen molar-refractivity contribution in [2.75, 3.05) is 6.61 Å². The van der Waals surface area contributed by atoms with Crippen LogP contribution in [0.4, 0.5) is 0 Å². The molecule has 0 aliphatic rings. The third kappa shape index (κ3) is 5.30. The molecule has 0 unspecified atom stereocenters. The van der Waals surface area contributed by atoms with E-state index in [0.29, 0.717) is 0 Å². The molecule has 0 aliphatic heterocycles. The number of hydrogen-bond acceptors (Lipinski definition) is 2. The summed E-state index contributed by atoms with van der Waals surface area (Å²) in [5.74, 6) is 0. The zero-order valence-electron chi connectivity index (χ0n) is 8.19. The lowest BCUT2D eigenvalue weighted by Gasteiger charge is -1.94. The van der Waals surface area contributed by atoms with Crippen LogP contribution in [0, 0.1) is 0 Å². The van der Waals surface area contributed by atoms with Crippen LogP contribution in [0.5, 0.6) is 0 Å². The molecule has 0 atom stereocenters. The number of aliphatic hydroxyl groups is 2. The summed E-state index contributed by atoms with van der Waals surface area (Å²) < 4.78 is 0. The van der Waals surface area contributed by atoms with E-state index < -0.39 is 0 Å². The van der Waals surface area contributed by atoms with Gasteiger partial charge in [0.25, 0.3) is 0 Å². The quantitative estimate of drug-likeness (QED) is 0.719. The molecule has 0 radical (unpaired) electrons. The van der Waals surface area contributed by atoms with Crippen LogP contribution in [-0.2, 0) is 6.61 Å². The van der Waals surface area contributed by atoms with E-state index in [0.717, 1.165) is 11.1 Å². The Kier molecular flexibility index (Phi) is 7.42. The highest BCUT2D eigenvalue weighted by Gasteiger charge is 1.87. The minimum absolute atomic E-state index is 0.0833. The Balaban J connectivity index is 0.000000364. The molecule has 0 amide bonds. The molecule has 0 aliphatic carbocycles. The van der Waals surface area contributed by atoms with Gasteiger partial charge in [-0.3, -0.25) is 0 Å². The summed E-state index contributed by atoms with van der Waals surface area (Å²) >= 11 is 0. The van der Waals surface area contributed by atoms with Gasteiger partial charge in [0.05, 0.1) is 13.2 Å². The SMILES string of the molecule is C=CCO.C=Cc1ccc(CO)cc1. The van der Waals surface area contributed by atoms with Crippen molar-refractivity contribution in [3.05, 3.63) is 54.6 Å². The van der Waals surface area contributed by atoms with Crippen molar-refractivity contribution in [2.24, 2.45) is 0 Å². The van der Waals surface area contributed by atoms with Gasteiger partial charge in [0, 0.05) is 0 Å². The van der Waals surface area contributed by atoms with Crippen molar-refractivity contribution in [3.63, 3.8) is 0 Å². The molecule has 76 valence electrons. The Bertz CT molecular complexity index is 262. The standard InChI is InChI=1S/C9H10O.C3H6O/c1-2-8-3-5-9(7-10)6-4-8;1-2-3-4/h2-6,10H,1,7H2;2,4H,1,3H2. The van der Waals surface area contributed by atoms with Crippen molar-refractivity contribution in [1.29, 1.82) is 0 Å². The van der Waals surface area contributed by atoms with Gasteiger partial charge in [-0.2, -0.15) is 0 Å². The number of rotatable bonds is 3. The van der Waals surface area contributed by atoms with Crippen molar-refractivity contribution in [1.82, 2.24) is 0 Å². The van der Waals surface area contributed by atoms with E-state index in [2.05, 4.69) is 13.2 Å². The van der Waals surface area contributed by atoms with Crippen LogP contribution >= 0.6 is 0 Å². The Morgan fingerprint density at radius 1 is 1.07 bits per heavy atom. The zero-order valence-corrected chi connectivity index (χ0v) is 8.19. The van der Waals surface area contributed by atoms with Gasteiger partial charge in [0.15, 0.2) is 0 Å². The second kappa shape index (κ2) is 8.23. The monoisotopic (exact) mass is 192 g/mol. The summed E-state index contributed by atoms with van der Waals surface area (Å²) in [4.78, 5) is 0. The fraction of sp³-hybridized carbons (Fsp3) is 0.167. The van der Waals surface area contributed by atoms with E-state index in [1.807, 2.05) is 24.3 Å². The summed E-state index contributed by atoms with van der Waals surface area (Å²) in [7, 11) is 0. The maximum Gasteiger partial charge on any atom is 0.0681 e. The summed E-state index contributed by atoms with van der Waals surface area (Å²) in [5.41, 5.74) is 2.02. The fourth-order valence-corrected chi connectivity index (χ4v) is 0.759. The second-order valence-electron chi connectivity index (χ2n) is 2.58. The lowest BCUT2D eigenvalue weighted by atomic mass is 10.1. The van der Waals surface area contributed by atoms with Crippen molar-refractivity contribution >= 4 is 6.08 Å². The van der Waals surface area contributed by atoms with Crippen molar-refractivity contribution < 1.29 is 10.2 Å². The molecule has 2 N–H and O–H groups in total. The van der Waals surface area contributed by atoms with E-state index in [4.69, 9.17) is 10.2 Å². The fourth-order valence-electron chi connectivity index (χ4n) is 0.759. The predicted octanol–water partition coefficient (Wildman–Crippen LogP) is 1.99. The van der Waals surface area contributed by atoms with Crippen LogP contribution in [0.25, 0.3) is 6.08 Å². The third-order valence-electron chi connectivity index (χ3n) is 1.53. The van der Waals surface area contributed by atoms with Crippen molar-refractivity contribution in [3.8, 4) is 0 Å². The molecule has 1 aromatic carbocycles. The minimum Gasteiger partial charge on any atom is -0.392 e. The Morgan fingerprint density at radius 3 is 1.86 bits per heavy atom. The predicted molar refractivity (Wildman–Crippen MR) is 59.7 cm³/mol. The van der Waals surface area contributed by atoms with Gasteiger partial charge in [-0.05, 0) is 11.1 Å². The molecule has 0 saturated heterocycles. The largest absolute Gasteiger partial charge is 0.392 e. The highest BCUT2D eigenvalue weighted by atomic mass is 16.3. The summed E-state index contributed by atoms with van der Waals surface area (Å²) in [6.45, 7) is 7.04. The first-order valence-electron chi connectivity index (χ1n) is 4.32. The lowest BCUT2D eigenvalue weighted by molar-refractivity contribution is 0.282. The molecule has 2 nitrogen and oxygen atoms in total. The summed E-state index contributed by atoms with van der Waals surface area (Å²) in [6, 6.07) is 7.63. The molecule has 0 spiro atoms. The number of aliphatic hydroxyl groups excluding tert-OH is 2. The number of hydrogen-bond donors (Lipinski definition) is 2. The molecule has 0 heterocycles. The molecule has 14 heavy (non-hydrogen) atoms. The van der Waals surface area contributed by atoms with Crippen molar-refractivity contribution in [2.45, 2.75) is 6.61 Å². The Labute approximate surface area is 84.8 Å². The highest BCUT2D eigenvalue weighted by molar-refractivity contribution is 5.46. The van der Waals surface area contributed by atoms with Crippen LogP contribution in [-0.4, -0.2) is 16.8 Å². The first kappa shape index (κ1) is 12.6. The average Bonchev–Trinajstić information content (AvgIpc) is 2.29. The molecule has 0 bridgehead atoms. The molecular formula is C12H16O2. The Hall–Kier alpha value is -1.38. The van der Waals surface area contributed by atoms with Gasteiger partial charge in [-0.15, -0.1) is 6.58 Å². The van der Waals surface area contributed by atoms with E-state index in [9.17, 15) is 0 Å². The van der Waals surface area contributed by atoms with Gasteiger partial charge >= 0.3 is 0 Å². The molecular weight excluding hydrogens is 176 g/mol. The lowest BCUT2D eigenvalue weighted by Crippen LogP contribution is -1.80. The normalized spacial score (nSPS) is 8.43. The first-order valence-corrected chi connectivity index (χ1v) is 4.32. The molecule has 0 saturated carbocycles. The van der Waals surface area contributed by atoms with Gasteiger partial charge in [-0.1, -0.05) is 43.0 Å². The van der Waals surface area contributed by atoms with Crippen LogP contribution in [0.15, 0.2) is 43.5 Å². The van der Waals surface area contributed by atoms with E-state index in [1.165, 1.54) is 6.08 Å². The Morgan fingerprint density at radius 2 is 1.57 bits per heavy atom. The topological polar surface area (TPSA) is 40.5 Å². The smallest absolute Gasteiger partial charge is 0.0681 e. The summed E-state index contributed by atoms with van der Waals surface area (Å²) in [6.07, 6.45) is 3.21. The molecule has 1 rings (SSSR count). The molecule has 2 heteroatoms. The first-order chi connectivity index (χ1) is 6.78. The van der Waals surface area contributed by atoms with Crippen LogP contribution in [0.2, 0.25) is 0 Å².